The van der Waals surface area contributed by atoms with Gasteiger partial charge in [-0.15, -0.1) is 0 Å². The number of ether oxygens (including phenoxy) is 1. The van der Waals surface area contributed by atoms with Crippen LogP contribution in [-0.2, 0) is 16.1 Å². The van der Waals surface area contributed by atoms with Crippen molar-refractivity contribution in [3.8, 4) is 0 Å². The molecule has 0 radical (unpaired) electrons. The van der Waals surface area contributed by atoms with E-state index >= 15 is 0 Å². The molecular weight excluding hydrogens is 232 g/mol. The monoisotopic (exact) mass is 248 g/mol. The van der Waals surface area contributed by atoms with Crippen LogP contribution in [0.4, 0.5) is 0 Å². The van der Waals surface area contributed by atoms with Crippen molar-refractivity contribution < 1.29 is 14.6 Å². The Balaban J connectivity index is 2.50. The smallest absolute Gasteiger partial charge is 0.325 e. The van der Waals surface area contributed by atoms with Crippen molar-refractivity contribution in [1.82, 2.24) is 4.57 Å². The molecule has 0 aliphatic carbocycles. The average Bonchev–Trinajstić information content (AvgIpc) is 2.77. The van der Waals surface area contributed by atoms with Crippen LogP contribution in [0.25, 0.3) is 10.9 Å². The first kappa shape index (κ1) is 12.6. The first-order valence-electron chi connectivity index (χ1n) is 5.68. The van der Waals surface area contributed by atoms with E-state index < -0.39 is 6.04 Å². The normalized spacial score (nSPS) is 12.6. The van der Waals surface area contributed by atoms with Gasteiger partial charge < -0.3 is 20.1 Å². The predicted molar refractivity (Wildman–Crippen MR) is 68.0 cm³/mol. The van der Waals surface area contributed by atoms with Gasteiger partial charge in [0, 0.05) is 17.1 Å². The first-order valence-corrected chi connectivity index (χ1v) is 5.68. The van der Waals surface area contributed by atoms with Crippen LogP contribution in [0.2, 0.25) is 0 Å². The Morgan fingerprint density at radius 3 is 2.89 bits per heavy atom. The third-order valence-corrected chi connectivity index (χ3v) is 2.94. The number of carbonyl (C=O) groups excluding carboxylic acids is 1. The molecule has 0 aliphatic heterocycles. The number of hydrogen-bond acceptors (Lipinski definition) is 4. The van der Waals surface area contributed by atoms with Gasteiger partial charge in [0.25, 0.3) is 0 Å². The average molecular weight is 248 g/mol. The predicted octanol–water partition coefficient (Wildman–Crippen LogP) is 0.806. The molecule has 1 aromatic carbocycles. The van der Waals surface area contributed by atoms with Gasteiger partial charge in [0.05, 0.1) is 19.8 Å². The van der Waals surface area contributed by atoms with Gasteiger partial charge in [0.1, 0.15) is 6.54 Å². The van der Waals surface area contributed by atoms with Gasteiger partial charge in [-0.25, -0.2) is 0 Å². The molecule has 0 unspecified atom stereocenters. The van der Waals surface area contributed by atoms with E-state index in [1.165, 1.54) is 7.11 Å². The number of nitrogens with zero attached hydrogens (tertiary/aromatic N) is 1. The first-order chi connectivity index (χ1) is 8.67. The number of aliphatic hydroxyl groups excluding tert-OH is 1. The van der Waals surface area contributed by atoms with Crippen molar-refractivity contribution in [2.24, 2.45) is 5.73 Å². The third kappa shape index (κ3) is 2.23. The van der Waals surface area contributed by atoms with Gasteiger partial charge in [0.2, 0.25) is 0 Å². The number of para-hydroxylation sites is 1. The fraction of sp³-hybridized carbons (Fsp3) is 0.308. The number of carbonyl (C=O) groups is 1. The standard InChI is InChI=1S/C13H16N2O3/c1-18-13(17)7-15-6-10(11(14)8-16)9-4-2-3-5-12(9)15/h2-6,11,16H,7-8,14H2,1H3/t11-/m0/s1. The van der Waals surface area contributed by atoms with Crippen LogP contribution >= 0.6 is 0 Å². The minimum Gasteiger partial charge on any atom is -0.468 e. The molecule has 0 aliphatic rings. The summed E-state index contributed by atoms with van der Waals surface area (Å²) in [6, 6.07) is 7.18. The lowest BCUT2D eigenvalue weighted by Gasteiger charge is -2.05. The highest BCUT2D eigenvalue weighted by atomic mass is 16.5. The quantitative estimate of drug-likeness (QED) is 0.785. The number of methoxy groups -OCH3 is 1. The fourth-order valence-electron chi connectivity index (χ4n) is 2.00. The summed E-state index contributed by atoms with van der Waals surface area (Å²) in [4.78, 5) is 11.3. The minimum atomic E-state index is -0.450. The highest BCUT2D eigenvalue weighted by molar-refractivity contribution is 5.85. The van der Waals surface area contributed by atoms with Gasteiger partial charge in [-0.1, -0.05) is 18.2 Å². The highest BCUT2D eigenvalue weighted by Crippen LogP contribution is 2.25. The molecule has 18 heavy (non-hydrogen) atoms. The largest absolute Gasteiger partial charge is 0.468 e. The van der Waals surface area contributed by atoms with Crippen LogP contribution in [-0.4, -0.2) is 29.4 Å². The minimum absolute atomic E-state index is 0.133. The van der Waals surface area contributed by atoms with E-state index in [1.807, 2.05) is 24.3 Å². The summed E-state index contributed by atoms with van der Waals surface area (Å²) in [7, 11) is 1.36. The Labute approximate surface area is 105 Å². The number of hydrogen-bond donors (Lipinski definition) is 2. The zero-order chi connectivity index (χ0) is 13.1. The molecule has 2 aromatic rings. The van der Waals surface area contributed by atoms with E-state index in [0.29, 0.717) is 0 Å². The van der Waals surface area contributed by atoms with Gasteiger partial charge in [-0.05, 0) is 11.6 Å². The number of nitrogens with two attached hydrogens (primary N) is 1. The van der Waals surface area contributed by atoms with Crippen LogP contribution < -0.4 is 5.73 Å². The summed E-state index contributed by atoms with van der Waals surface area (Å²) in [5.74, 6) is -0.320. The van der Waals surface area contributed by atoms with Crippen molar-refractivity contribution in [3.63, 3.8) is 0 Å². The molecule has 5 heteroatoms. The van der Waals surface area contributed by atoms with Crippen LogP contribution in [0.5, 0.6) is 0 Å². The molecular formula is C13H16N2O3. The van der Waals surface area contributed by atoms with Crippen molar-refractivity contribution in [1.29, 1.82) is 0 Å². The van der Waals surface area contributed by atoms with Crippen molar-refractivity contribution in [2.45, 2.75) is 12.6 Å². The summed E-state index contributed by atoms with van der Waals surface area (Å²) in [5, 5.41) is 10.1. The second kappa shape index (κ2) is 5.20. The molecule has 1 aromatic heterocycles. The lowest BCUT2D eigenvalue weighted by Crippen LogP contribution is -2.14. The van der Waals surface area contributed by atoms with Crippen molar-refractivity contribution in [2.75, 3.05) is 13.7 Å². The van der Waals surface area contributed by atoms with E-state index in [2.05, 4.69) is 4.74 Å². The summed E-state index contributed by atoms with van der Waals surface area (Å²) < 4.78 is 6.44. The molecule has 0 saturated heterocycles. The lowest BCUT2D eigenvalue weighted by molar-refractivity contribution is -0.141. The summed E-state index contributed by atoms with van der Waals surface area (Å²) in [5.41, 5.74) is 7.59. The molecule has 3 N–H and O–H groups in total. The van der Waals surface area contributed by atoms with Crippen LogP contribution in [0.15, 0.2) is 30.5 Å². The maximum absolute atomic E-state index is 11.3. The zero-order valence-corrected chi connectivity index (χ0v) is 10.2. The third-order valence-electron chi connectivity index (χ3n) is 2.94. The molecule has 0 amide bonds. The Morgan fingerprint density at radius 2 is 2.22 bits per heavy atom. The molecule has 96 valence electrons. The number of aliphatic hydroxyl groups is 1. The molecule has 0 fully saturated rings. The molecule has 5 nitrogen and oxygen atoms in total. The number of esters is 1. The maximum atomic E-state index is 11.3. The highest BCUT2D eigenvalue weighted by Gasteiger charge is 2.15. The molecule has 0 spiro atoms. The van der Waals surface area contributed by atoms with Gasteiger partial charge >= 0.3 is 5.97 Å². The summed E-state index contributed by atoms with van der Waals surface area (Å²) >= 11 is 0. The molecule has 0 bridgehead atoms. The second-order valence-corrected chi connectivity index (χ2v) is 4.09. The summed E-state index contributed by atoms with van der Waals surface area (Å²) in [6.07, 6.45) is 1.79. The fourth-order valence-corrected chi connectivity index (χ4v) is 2.00. The van der Waals surface area contributed by atoms with Gasteiger partial charge in [-0.2, -0.15) is 0 Å². The van der Waals surface area contributed by atoms with Gasteiger partial charge in [-0.3, -0.25) is 4.79 Å². The zero-order valence-electron chi connectivity index (χ0n) is 10.2. The topological polar surface area (TPSA) is 77.5 Å². The number of benzene rings is 1. The number of rotatable bonds is 4. The van der Waals surface area contributed by atoms with E-state index in [0.717, 1.165) is 16.5 Å². The van der Waals surface area contributed by atoms with E-state index in [-0.39, 0.29) is 19.1 Å². The maximum Gasteiger partial charge on any atom is 0.325 e. The van der Waals surface area contributed by atoms with Crippen molar-refractivity contribution >= 4 is 16.9 Å². The number of fused-ring (bicyclic) bond motifs is 1. The number of aromatic nitrogens is 1. The van der Waals surface area contributed by atoms with E-state index in [4.69, 9.17) is 10.8 Å². The Morgan fingerprint density at radius 1 is 1.50 bits per heavy atom. The lowest BCUT2D eigenvalue weighted by atomic mass is 10.1. The van der Waals surface area contributed by atoms with Crippen LogP contribution in [0.3, 0.4) is 0 Å². The van der Waals surface area contributed by atoms with Crippen molar-refractivity contribution in [3.05, 3.63) is 36.0 Å². The van der Waals surface area contributed by atoms with E-state index in [9.17, 15) is 4.79 Å². The Kier molecular flexibility index (Phi) is 3.64. The van der Waals surface area contributed by atoms with Crippen LogP contribution in [0.1, 0.15) is 11.6 Å². The molecule has 0 saturated carbocycles. The molecule has 2 rings (SSSR count). The SMILES string of the molecule is COC(=O)Cn1cc([C@@H](N)CO)c2ccccc21. The van der Waals surface area contributed by atoms with Crippen LogP contribution in [0, 0.1) is 0 Å². The summed E-state index contributed by atoms with van der Waals surface area (Å²) in [6.45, 7) is 0.00138. The molecule has 1 heterocycles. The van der Waals surface area contributed by atoms with E-state index in [1.54, 1.807) is 10.8 Å². The Bertz CT molecular complexity index is 562. The van der Waals surface area contributed by atoms with Gasteiger partial charge in [0.15, 0.2) is 0 Å². The Hall–Kier alpha value is -1.85. The molecule has 1 atom stereocenters. The second-order valence-electron chi connectivity index (χ2n) is 4.09.